The number of aryl methyl sites for hydroxylation is 2. The second-order valence-electron chi connectivity index (χ2n) is 5.87. The molecule has 1 fully saturated rings. The molecule has 8 nitrogen and oxygen atoms in total. The molecule has 0 radical (unpaired) electrons. The van der Waals surface area contributed by atoms with Crippen LogP contribution in [-0.2, 0) is 4.79 Å². The minimum Gasteiger partial charge on any atom is -0.467 e. The Morgan fingerprint density at radius 2 is 2.16 bits per heavy atom. The highest BCUT2D eigenvalue weighted by molar-refractivity contribution is 5.81. The van der Waals surface area contributed by atoms with Crippen LogP contribution in [0.15, 0.2) is 27.7 Å². The summed E-state index contributed by atoms with van der Waals surface area (Å²) in [6, 6.07) is 5.30. The van der Waals surface area contributed by atoms with Gasteiger partial charge in [0.05, 0.1) is 6.21 Å². The fourth-order valence-corrected chi connectivity index (χ4v) is 2.52. The summed E-state index contributed by atoms with van der Waals surface area (Å²) in [6.07, 6.45) is 3.72. The van der Waals surface area contributed by atoms with E-state index in [4.69, 9.17) is 9.15 Å². The molecule has 1 aliphatic rings. The maximum Gasteiger partial charge on any atom is 0.278 e. The van der Waals surface area contributed by atoms with Crippen LogP contribution in [0.3, 0.4) is 0 Å². The number of anilines is 1. The topological polar surface area (TPSA) is 92.8 Å². The van der Waals surface area contributed by atoms with Gasteiger partial charge in [-0.25, -0.2) is 10.4 Å². The maximum absolute atomic E-state index is 11.8. The average Bonchev–Trinajstić information content (AvgIpc) is 3.24. The van der Waals surface area contributed by atoms with Crippen molar-refractivity contribution >= 4 is 18.1 Å². The van der Waals surface area contributed by atoms with Crippen molar-refractivity contribution in [3.8, 4) is 5.88 Å². The van der Waals surface area contributed by atoms with E-state index in [-0.39, 0.29) is 12.5 Å². The Balaban J connectivity index is 1.52. The molecule has 132 valence electrons. The van der Waals surface area contributed by atoms with Crippen LogP contribution in [0.2, 0.25) is 0 Å². The summed E-state index contributed by atoms with van der Waals surface area (Å²) in [5.41, 5.74) is 3.19. The molecule has 0 aromatic carbocycles. The molecule has 1 amide bonds. The molecule has 8 heteroatoms. The van der Waals surface area contributed by atoms with Gasteiger partial charge in [-0.3, -0.25) is 4.79 Å². The summed E-state index contributed by atoms with van der Waals surface area (Å²) in [7, 11) is 0. The standard InChI is InChI=1S/C17H21N5O3/c1-12-9-16(20-17(19-12)22-7-3-4-8-22)24-11-15(23)21-18-10-14-6-5-13(2)25-14/h5-6,9-10H,3-4,7-8,11H2,1-2H3,(H,21,23). The number of aromatic nitrogens is 2. The number of rotatable bonds is 6. The van der Waals surface area contributed by atoms with Crippen molar-refractivity contribution in [2.24, 2.45) is 5.10 Å². The summed E-state index contributed by atoms with van der Waals surface area (Å²) in [4.78, 5) is 22.7. The fourth-order valence-electron chi connectivity index (χ4n) is 2.52. The zero-order valence-electron chi connectivity index (χ0n) is 14.4. The van der Waals surface area contributed by atoms with Gasteiger partial charge in [-0.2, -0.15) is 10.1 Å². The minimum absolute atomic E-state index is 0.176. The fraction of sp³-hybridized carbons (Fsp3) is 0.412. The molecule has 0 saturated carbocycles. The normalized spacial score (nSPS) is 14.2. The highest BCUT2D eigenvalue weighted by Gasteiger charge is 2.16. The Kier molecular flexibility index (Phi) is 5.27. The molecule has 1 saturated heterocycles. The molecule has 2 aromatic heterocycles. The van der Waals surface area contributed by atoms with Crippen LogP contribution in [0.4, 0.5) is 5.95 Å². The van der Waals surface area contributed by atoms with Gasteiger partial charge in [-0.1, -0.05) is 0 Å². The Labute approximate surface area is 145 Å². The van der Waals surface area contributed by atoms with Crippen molar-refractivity contribution in [2.75, 3.05) is 24.6 Å². The van der Waals surface area contributed by atoms with Crippen LogP contribution < -0.4 is 15.1 Å². The van der Waals surface area contributed by atoms with E-state index in [9.17, 15) is 4.79 Å². The Hall–Kier alpha value is -2.90. The van der Waals surface area contributed by atoms with Crippen molar-refractivity contribution in [1.29, 1.82) is 0 Å². The lowest BCUT2D eigenvalue weighted by molar-refractivity contribution is -0.123. The Morgan fingerprint density at radius 3 is 2.88 bits per heavy atom. The number of hydrogen-bond donors (Lipinski definition) is 1. The van der Waals surface area contributed by atoms with E-state index in [0.717, 1.165) is 37.4 Å². The largest absolute Gasteiger partial charge is 0.467 e. The van der Waals surface area contributed by atoms with Crippen LogP contribution in [-0.4, -0.2) is 41.8 Å². The molecule has 1 N–H and O–H groups in total. The van der Waals surface area contributed by atoms with Gasteiger partial charge in [-0.15, -0.1) is 0 Å². The second-order valence-corrected chi connectivity index (χ2v) is 5.87. The molecule has 1 aliphatic heterocycles. The van der Waals surface area contributed by atoms with Crippen LogP contribution in [0.5, 0.6) is 5.88 Å². The van der Waals surface area contributed by atoms with E-state index < -0.39 is 0 Å². The first-order chi connectivity index (χ1) is 12.1. The van der Waals surface area contributed by atoms with Gasteiger partial charge in [0.2, 0.25) is 11.8 Å². The van der Waals surface area contributed by atoms with E-state index in [1.807, 2.05) is 19.9 Å². The average molecular weight is 343 g/mol. The summed E-state index contributed by atoms with van der Waals surface area (Å²) in [5.74, 6) is 2.01. The monoisotopic (exact) mass is 343 g/mol. The highest BCUT2D eigenvalue weighted by atomic mass is 16.5. The van der Waals surface area contributed by atoms with E-state index in [2.05, 4.69) is 25.4 Å². The zero-order valence-corrected chi connectivity index (χ0v) is 14.4. The lowest BCUT2D eigenvalue weighted by Crippen LogP contribution is -2.25. The zero-order chi connectivity index (χ0) is 17.6. The lowest BCUT2D eigenvalue weighted by Gasteiger charge is -2.16. The summed E-state index contributed by atoms with van der Waals surface area (Å²) >= 11 is 0. The first kappa shape index (κ1) is 16.9. The molecule has 0 aliphatic carbocycles. The maximum atomic E-state index is 11.8. The van der Waals surface area contributed by atoms with E-state index in [1.165, 1.54) is 6.21 Å². The van der Waals surface area contributed by atoms with Gasteiger partial charge in [0.1, 0.15) is 11.5 Å². The van der Waals surface area contributed by atoms with Gasteiger partial charge in [0, 0.05) is 24.8 Å². The number of ether oxygens (including phenoxy) is 1. The molecule has 25 heavy (non-hydrogen) atoms. The molecule has 0 unspecified atom stereocenters. The molecular formula is C17H21N5O3. The Morgan fingerprint density at radius 1 is 1.36 bits per heavy atom. The van der Waals surface area contributed by atoms with Crippen LogP contribution in [0, 0.1) is 13.8 Å². The molecule has 0 spiro atoms. The van der Waals surface area contributed by atoms with Gasteiger partial charge in [-0.05, 0) is 38.8 Å². The summed E-state index contributed by atoms with van der Waals surface area (Å²) in [6.45, 7) is 5.44. The lowest BCUT2D eigenvalue weighted by atomic mass is 10.4. The van der Waals surface area contributed by atoms with Crippen LogP contribution in [0.1, 0.15) is 30.1 Å². The number of carbonyl (C=O) groups is 1. The number of amides is 1. The van der Waals surface area contributed by atoms with E-state index >= 15 is 0 Å². The van der Waals surface area contributed by atoms with Gasteiger partial charge < -0.3 is 14.1 Å². The van der Waals surface area contributed by atoms with Gasteiger partial charge in [0.15, 0.2) is 6.61 Å². The SMILES string of the molecule is Cc1cc(OCC(=O)NN=Cc2ccc(C)o2)nc(N2CCCC2)n1. The number of furan rings is 1. The summed E-state index contributed by atoms with van der Waals surface area (Å²) in [5, 5.41) is 3.83. The predicted octanol–water partition coefficient (Wildman–Crippen LogP) is 1.82. The minimum atomic E-state index is -0.376. The number of nitrogens with one attached hydrogen (secondary N) is 1. The van der Waals surface area contributed by atoms with Gasteiger partial charge >= 0.3 is 0 Å². The van der Waals surface area contributed by atoms with Crippen LogP contribution >= 0.6 is 0 Å². The van der Waals surface area contributed by atoms with Crippen molar-refractivity contribution in [3.63, 3.8) is 0 Å². The van der Waals surface area contributed by atoms with Crippen molar-refractivity contribution in [1.82, 2.24) is 15.4 Å². The van der Waals surface area contributed by atoms with Gasteiger partial charge in [0.25, 0.3) is 5.91 Å². The first-order valence-electron chi connectivity index (χ1n) is 8.22. The van der Waals surface area contributed by atoms with Crippen molar-refractivity contribution in [3.05, 3.63) is 35.4 Å². The third kappa shape index (κ3) is 4.79. The molecule has 0 bridgehead atoms. The summed E-state index contributed by atoms with van der Waals surface area (Å²) < 4.78 is 10.8. The molecule has 0 atom stereocenters. The third-order valence-corrected chi connectivity index (χ3v) is 3.70. The number of nitrogens with zero attached hydrogens (tertiary/aromatic N) is 4. The molecule has 3 heterocycles. The van der Waals surface area contributed by atoms with Crippen LogP contribution in [0.25, 0.3) is 0 Å². The quantitative estimate of drug-likeness (QED) is 0.635. The number of carbonyl (C=O) groups excluding carboxylic acids is 1. The van der Waals surface area contributed by atoms with Crippen molar-refractivity contribution in [2.45, 2.75) is 26.7 Å². The number of hydrogen-bond acceptors (Lipinski definition) is 7. The highest BCUT2D eigenvalue weighted by Crippen LogP contribution is 2.19. The van der Waals surface area contributed by atoms with E-state index in [1.54, 1.807) is 12.1 Å². The predicted molar refractivity (Wildman–Crippen MR) is 92.9 cm³/mol. The van der Waals surface area contributed by atoms with Crippen molar-refractivity contribution < 1.29 is 13.9 Å². The second kappa shape index (κ2) is 7.78. The third-order valence-electron chi connectivity index (χ3n) is 3.70. The Bertz CT molecular complexity index is 765. The molecule has 3 rings (SSSR count). The molecule has 2 aromatic rings. The van der Waals surface area contributed by atoms with E-state index in [0.29, 0.717) is 17.6 Å². The number of hydrazone groups is 1. The first-order valence-corrected chi connectivity index (χ1v) is 8.22. The molecular weight excluding hydrogens is 322 g/mol. The smallest absolute Gasteiger partial charge is 0.278 e.